The van der Waals surface area contributed by atoms with Gasteiger partial charge in [0.1, 0.15) is 0 Å². The van der Waals surface area contributed by atoms with Crippen molar-refractivity contribution in [3.05, 3.63) is 28.7 Å². The van der Waals surface area contributed by atoms with Crippen molar-refractivity contribution < 1.29 is 13.2 Å². The zero-order valence-corrected chi connectivity index (χ0v) is 10.7. The minimum atomic E-state index is -3.61. The Morgan fingerprint density at radius 3 is 2.44 bits per heavy atom. The molecule has 0 bridgehead atoms. The molecule has 1 rings (SSSR count). The Bertz CT molecular complexity index is 501. The number of amides is 1. The molecule has 0 aliphatic carbocycles. The molecule has 1 aromatic rings. The van der Waals surface area contributed by atoms with Gasteiger partial charge >= 0.3 is 0 Å². The lowest BCUT2D eigenvalue weighted by atomic mass is 10.3. The predicted octanol–water partition coefficient (Wildman–Crippen LogP) is 0.0354. The van der Waals surface area contributed by atoms with E-state index >= 15 is 0 Å². The molecule has 1 atom stereocenters. The molecule has 0 aromatic heterocycles. The Labute approximate surface area is 102 Å². The number of sulfone groups is 1. The molecule has 0 aliphatic rings. The third kappa shape index (κ3) is 3.03. The molecule has 88 valence electrons. The minimum Gasteiger partial charge on any atom is -0.368 e. The van der Waals surface area contributed by atoms with Crippen LogP contribution < -0.4 is 11.5 Å². The molecule has 0 heterocycles. The van der Waals surface area contributed by atoms with Crippen LogP contribution in [0.15, 0.2) is 33.6 Å². The summed E-state index contributed by atoms with van der Waals surface area (Å²) in [6.45, 7) is 0. The number of halogens is 1. The first-order valence-electron chi connectivity index (χ1n) is 4.37. The van der Waals surface area contributed by atoms with Crippen molar-refractivity contribution >= 4 is 31.7 Å². The van der Waals surface area contributed by atoms with Gasteiger partial charge in [-0.3, -0.25) is 4.79 Å². The van der Waals surface area contributed by atoms with Gasteiger partial charge in [0.2, 0.25) is 5.91 Å². The van der Waals surface area contributed by atoms with Crippen LogP contribution in [0.25, 0.3) is 0 Å². The van der Waals surface area contributed by atoms with Crippen LogP contribution in [0.1, 0.15) is 0 Å². The third-order valence-electron chi connectivity index (χ3n) is 1.94. The highest BCUT2D eigenvalue weighted by molar-refractivity contribution is 9.10. The maximum atomic E-state index is 11.9. The summed E-state index contributed by atoms with van der Waals surface area (Å²) in [5.74, 6) is -1.33. The number of carbonyl (C=O) groups is 1. The van der Waals surface area contributed by atoms with Gasteiger partial charge in [-0.1, -0.05) is 12.1 Å². The van der Waals surface area contributed by atoms with Crippen LogP contribution >= 0.6 is 15.9 Å². The summed E-state index contributed by atoms with van der Waals surface area (Å²) in [5, 5.41) is 0. The molecule has 1 unspecified atom stereocenters. The average Bonchev–Trinajstić information content (AvgIpc) is 2.17. The van der Waals surface area contributed by atoms with Crippen LogP contribution in [-0.2, 0) is 14.6 Å². The summed E-state index contributed by atoms with van der Waals surface area (Å²) < 4.78 is 24.1. The van der Waals surface area contributed by atoms with E-state index < -0.39 is 27.5 Å². The molecule has 0 saturated heterocycles. The summed E-state index contributed by atoms with van der Waals surface area (Å²) >= 11 is 3.12. The zero-order valence-electron chi connectivity index (χ0n) is 8.26. The fraction of sp³-hybridized carbons (Fsp3) is 0.222. The van der Waals surface area contributed by atoms with Crippen molar-refractivity contribution in [1.82, 2.24) is 0 Å². The summed E-state index contributed by atoms with van der Waals surface area (Å²) in [6, 6.07) is 5.12. The molecule has 5 nitrogen and oxygen atoms in total. The van der Waals surface area contributed by atoms with Gasteiger partial charge in [0, 0.05) is 4.47 Å². The van der Waals surface area contributed by atoms with Gasteiger partial charge in [0.05, 0.1) is 16.7 Å². The number of carbonyl (C=O) groups excluding carboxylic acids is 1. The summed E-state index contributed by atoms with van der Waals surface area (Å²) in [6.07, 6.45) is 0. The van der Waals surface area contributed by atoms with Crippen LogP contribution in [-0.4, -0.2) is 26.1 Å². The van der Waals surface area contributed by atoms with Gasteiger partial charge in [-0.25, -0.2) is 8.42 Å². The van der Waals surface area contributed by atoms with Crippen molar-refractivity contribution in [1.29, 1.82) is 0 Å². The number of rotatable bonds is 4. The normalized spacial score (nSPS) is 13.4. The quantitative estimate of drug-likeness (QED) is 0.819. The Morgan fingerprint density at radius 2 is 1.94 bits per heavy atom. The van der Waals surface area contributed by atoms with Crippen LogP contribution in [0.5, 0.6) is 0 Å². The van der Waals surface area contributed by atoms with Crippen LogP contribution in [0.2, 0.25) is 0 Å². The van der Waals surface area contributed by atoms with Gasteiger partial charge in [-0.15, -0.1) is 0 Å². The fourth-order valence-electron chi connectivity index (χ4n) is 1.11. The van der Waals surface area contributed by atoms with Crippen molar-refractivity contribution in [3.63, 3.8) is 0 Å². The number of primary amides is 1. The van der Waals surface area contributed by atoms with E-state index in [9.17, 15) is 13.2 Å². The molecule has 1 amide bonds. The lowest BCUT2D eigenvalue weighted by molar-refractivity contribution is -0.118. The standard InChI is InChI=1S/C9H11BrN2O3S/c10-6-3-1-2-4-8(6)16(14,15)5-7(11)9(12)13/h1-4,7H,5,11H2,(H2,12,13). The second-order valence-electron chi connectivity index (χ2n) is 3.22. The number of benzene rings is 1. The maximum absolute atomic E-state index is 11.9. The Hall–Kier alpha value is -0.920. The molecule has 0 radical (unpaired) electrons. The average molecular weight is 307 g/mol. The first-order valence-corrected chi connectivity index (χ1v) is 6.81. The first kappa shape index (κ1) is 13.1. The van der Waals surface area contributed by atoms with Gasteiger partial charge in [0.15, 0.2) is 9.84 Å². The summed E-state index contributed by atoms with van der Waals surface area (Å²) in [5.41, 5.74) is 10.2. The molecule has 0 spiro atoms. The molecule has 7 heteroatoms. The van der Waals surface area contributed by atoms with E-state index in [2.05, 4.69) is 15.9 Å². The van der Waals surface area contributed by atoms with Crippen LogP contribution in [0.3, 0.4) is 0 Å². The van der Waals surface area contributed by atoms with E-state index in [1.807, 2.05) is 0 Å². The topological polar surface area (TPSA) is 103 Å². The molecule has 0 fully saturated rings. The van der Waals surface area contributed by atoms with Crippen molar-refractivity contribution in [2.45, 2.75) is 10.9 Å². The SMILES string of the molecule is NC(=O)C(N)CS(=O)(=O)c1ccccc1Br. The molecule has 0 saturated carbocycles. The van der Waals surface area contributed by atoms with Crippen molar-refractivity contribution in [2.75, 3.05) is 5.75 Å². The zero-order chi connectivity index (χ0) is 12.3. The molecular weight excluding hydrogens is 296 g/mol. The monoisotopic (exact) mass is 306 g/mol. The Balaban J connectivity index is 3.04. The lowest BCUT2D eigenvalue weighted by Gasteiger charge is -2.09. The Kier molecular flexibility index (Phi) is 4.06. The van der Waals surface area contributed by atoms with Crippen LogP contribution in [0.4, 0.5) is 0 Å². The first-order chi connectivity index (χ1) is 7.34. The third-order valence-corrected chi connectivity index (χ3v) is 4.71. The number of hydrogen-bond acceptors (Lipinski definition) is 4. The maximum Gasteiger partial charge on any atom is 0.235 e. The van der Waals surface area contributed by atoms with Crippen molar-refractivity contribution in [2.24, 2.45) is 11.5 Å². The highest BCUT2D eigenvalue weighted by Crippen LogP contribution is 2.22. The van der Waals surface area contributed by atoms with E-state index in [1.54, 1.807) is 18.2 Å². The predicted molar refractivity (Wildman–Crippen MR) is 63.4 cm³/mol. The largest absolute Gasteiger partial charge is 0.368 e. The summed E-state index contributed by atoms with van der Waals surface area (Å²) in [4.78, 5) is 10.8. The van der Waals surface area contributed by atoms with Crippen molar-refractivity contribution in [3.8, 4) is 0 Å². The van der Waals surface area contributed by atoms with E-state index in [1.165, 1.54) is 6.07 Å². The summed E-state index contributed by atoms with van der Waals surface area (Å²) in [7, 11) is -3.61. The molecule has 4 N–H and O–H groups in total. The molecular formula is C9H11BrN2O3S. The Morgan fingerprint density at radius 1 is 1.38 bits per heavy atom. The number of nitrogens with two attached hydrogens (primary N) is 2. The van der Waals surface area contributed by atoms with Gasteiger partial charge in [-0.2, -0.15) is 0 Å². The minimum absolute atomic E-state index is 0.103. The van der Waals surface area contributed by atoms with E-state index in [4.69, 9.17) is 11.5 Å². The van der Waals surface area contributed by atoms with Gasteiger partial charge < -0.3 is 11.5 Å². The second kappa shape index (κ2) is 4.94. The van der Waals surface area contributed by atoms with E-state index in [-0.39, 0.29) is 4.90 Å². The van der Waals surface area contributed by atoms with E-state index in [0.29, 0.717) is 4.47 Å². The van der Waals surface area contributed by atoms with Gasteiger partial charge in [0.25, 0.3) is 0 Å². The van der Waals surface area contributed by atoms with E-state index in [0.717, 1.165) is 0 Å². The molecule has 0 aliphatic heterocycles. The fourth-order valence-corrected chi connectivity index (χ4v) is 3.60. The highest BCUT2D eigenvalue weighted by Gasteiger charge is 2.23. The molecule has 1 aromatic carbocycles. The van der Waals surface area contributed by atoms with Gasteiger partial charge in [-0.05, 0) is 28.1 Å². The molecule has 16 heavy (non-hydrogen) atoms. The lowest BCUT2D eigenvalue weighted by Crippen LogP contribution is -2.41. The second-order valence-corrected chi connectivity index (χ2v) is 6.08. The highest BCUT2D eigenvalue weighted by atomic mass is 79.9. The number of hydrogen-bond donors (Lipinski definition) is 2. The van der Waals surface area contributed by atoms with Crippen LogP contribution in [0, 0.1) is 0 Å². The smallest absolute Gasteiger partial charge is 0.235 e.